The third-order valence-electron chi connectivity index (χ3n) is 7.15. The minimum absolute atomic E-state index is 0.0453. The van der Waals surface area contributed by atoms with E-state index in [4.69, 9.17) is 14.7 Å². The van der Waals surface area contributed by atoms with Gasteiger partial charge in [-0.3, -0.25) is 4.79 Å². The fourth-order valence-corrected chi connectivity index (χ4v) is 4.88. The second-order valence-electron chi connectivity index (χ2n) is 10.4. The molecule has 0 saturated carbocycles. The summed E-state index contributed by atoms with van der Waals surface area (Å²) in [5.74, 6) is 0.311. The molecule has 1 aliphatic rings. The van der Waals surface area contributed by atoms with E-state index < -0.39 is 11.8 Å². The van der Waals surface area contributed by atoms with Gasteiger partial charge < -0.3 is 25.2 Å². The van der Waals surface area contributed by atoms with Gasteiger partial charge in [-0.25, -0.2) is 29.1 Å². The number of carbonyl (C=O) groups excluding carboxylic acids is 2. The zero-order valence-corrected chi connectivity index (χ0v) is 24.1. The Labute approximate surface area is 252 Å². The second kappa shape index (κ2) is 12.4. The predicted molar refractivity (Wildman–Crippen MR) is 166 cm³/mol. The van der Waals surface area contributed by atoms with Crippen molar-refractivity contribution in [2.24, 2.45) is 0 Å². The van der Waals surface area contributed by atoms with Gasteiger partial charge in [0.2, 0.25) is 0 Å². The number of hydrogen-bond acceptors (Lipinski definition) is 8. The van der Waals surface area contributed by atoms with E-state index in [1.165, 1.54) is 23.4 Å². The van der Waals surface area contributed by atoms with Crippen LogP contribution in [-0.2, 0) is 4.74 Å². The van der Waals surface area contributed by atoms with Crippen LogP contribution in [-0.4, -0.2) is 77.2 Å². The van der Waals surface area contributed by atoms with Crippen molar-refractivity contribution in [3.8, 4) is 22.5 Å². The lowest BCUT2D eigenvalue weighted by atomic mass is 10.1. The number of urea groups is 1. The molecule has 6 rings (SSSR count). The summed E-state index contributed by atoms with van der Waals surface area (Å²) in [5.41, 5.74) is 3.99. The maximum Gasteiger partial charge on any atom is 0.323 e. The molecule has 44 heavy (non-hydrogen) atoms. The van der Waals surface area contributed by atoms with Gasteiger partial charge in [0.1, 0.15) is 18.0 Å². The van der Waals surface area contributed by atoms with Crippen LogP contribution in [0.5, 0.6) is 0 Å². The highest BCUT2D eigenvalue weighted by Gasteiger charge is 2.19. The summed E-state index contributed by atoms with van der Waals surface area (Å²) < 4.78 is 20.1. The lowest BCUT2D eigenvalue weighted by molar-refractivity contribution is 0.0827. The van der Waals surface area contributed by atoms with Crippen LogP contribution < -0.4 is 15.5 Å². The lowest BCUT2D eigenvalue weighted by Crippen LogP contribution is -2.37. The van der Waals surface area contributed by atoms with Crippen molar-refractivity contribution in [1.82, 2.24) is 24.8 Å². The maximum absolute atomic E-state index is 14.6. The van der Waals surface area contributed by atoms with Gasteiger partial charge in [-0.1, -0.05) is 6.07 Å². The molecule has 1 saturated heterocycles. The van der Waals surface area contributed by atoms with Crippen LogP contribution in [0.2, 0.25) is 0 Å². The van der Waals surface area contributed by atoms with Gasteiger partial charge in [0, 0.05) is 67.3 Å². The molecule has 1 aliphatic heterocycles. The molecule has 0 aliphatic carbocycles. The maximum atomic E-state index is 14.6. The average Bonchev–Trinajstić information content (AvgIpc) is 3.05. The highest BCUT2D eigenvalue weighted by Crippen LogP contribution is 2.31. The molecule has 3 heterocycles. The first-order valence-corrected chi connectivity index (χ1v) is 14.0. The fourth-order valence-electron chi connectivity index (χ4n) is 4.88. The molecule has 0 radical (unpaired) electrons. The van der Waals surface area contributed by atoms with Gasteiger partial charge in [0.05, 0.1) is 24.4 Å². The number of anilines is 3. The number of aromatic nitrogens is 4. The van der Waals surface area contributed by atoms with Crippen molar-refractivity contribution in [2.45, 2.75) is 0 Å². The highest BCUT2D eigenvalue weighted by atomic mass is 19.1. The van der Waals surface area contributed by atoms with Gasteiger partial charge in [0.15, 0.2) is 5.82 Å². The summed E-state index contributed by atoms with van der Waals surface area (Å²) >= 11 is 0. The number of benzene rings is 3. The van der Waals surface area contributed by atoms with Crippen LogP contribution in [0.3, 0.4) is 0 Å². The van der Waals surface area contributed by atoms with E-state index in [0.29, 0.717) is 37.8 Å². The number of amides is 3. The van der Waals surface area contributed by atoms with E-state index in [1.807, 2.05) is 30.3 Å². The number of halogens is 1. The molecule has 0 bridgehead atoms. The Kier molecular flexibility index (Phi) is 8.06. The third-order valence-corrected chi connectivity index (χ3v) is 7.15. The molecule has 11 nitrogen and oxygen atoms in total. The SMILES string of the molecule is CN(C)C(=O)c1ccc(NC(=O)Nc2ccc(-c3nc(N4CCOCC4)c4ccc(-c5cncnc5)cc4n3)cc2)c(F)c1. The zero-order valence-electron chi connectivity index (χ0n) is 24.1. The molecule has 222 valence electrons. The molecule has 5 aromatic rings. The van der Waals surface area contributed by atoms with Crippen LogP contribution in [0, 0.1) is 5.82 Å². The van der Waals surface area contributed by atoms with E-state index in [-0.39, 0.29) is 17.2 Å². The summed E-state index contributed by atoms with van der Waals surface area (Å²) in [6.07, 6.45) is 5.02. The van der Waals surface area contributed by atoms with Crippen molar-refractivity contribution >= 4 is 40.0 Å². The molecule has 2 aromatic heterocycles. The largest absolute Gasteiger partial charge is 0.378 e. The molecule has 12 heteroatoms. The standard InChI is InChI=1S/C32H29FN8O3/c1-40(2)31(42)22-6-10-27(26(33)15-22)38-32(43)36-24-7-3-20(4-8-24)29-37-28-16-21(23-17-34-19-35-18-23)5-9-25(28)30(39-29)41-11-13-44-14-12-41/h3-10,15-19H,11-14H2,1-2H3,(H2,36,38,43). The normalized spacial score (nSPS) is 13.0. The fraction of sp³-hybridized carbons (Fsp3) is 0.188. The van der Waals surface area contributed by atoms with Crippen LogP contribution in [0.25, 0.3) is 33.4 Å². The first-order valence-electron chi connectivity index (χ1n) is 14.0. The Hall–Kier alpha value is -5.49. The highest BCUT2D eigenvalue weighted by molar-refractivity contribution is 6.01. The quantitative estimate of drug-likeness (QED) is 0.280. The van der Waals surface area contributed by atoms with Crippen LogP contribution in [0.4, 0.5) is 26.4 Å². The molecule has 0 spiro atoms. The molecule has 0 unspecified atom stereocenters. The van der Waals surface area contributed by atoms with Crippen LogP contribution in [0.15, 0.2) is 79.4 Å². The molecule has 1 fully saturated rings. The Bertz CT molecular complexity index is 1830. The Morgan fingerprint density at radius 3 is 2.30 bits per heavy atom. The van der Waals surface area contributed by atoms with Gasteiger partial charge in [-0.2, -0.15) is 0 Å². The minimum atomic E-state index is -0.712. The van der Waals surface area contributed by atoms with E-state index in [1.54, 1.807) is 38.6 Å². The van der Waals surface area contributed by atoms with E-state index in [0.717, 1.165) is 39.5 Å². The van der Waals surface area contributed by atoms with Gasteiger partial charge in [-0.05, 0) is 60.2 Å². The number of hydrogen-bond donors (Lipinski definition) is 2. The number of nitrogens with zero attached hydrogens (tertiary/aromatic N) is 6. The summed E-state index contributed by atoms with van der Waals surface area (Å²) in [5, 5.41) is 6.12. The molecule has 2 N–H and O–H groups in total. The van der Waals surface area contributed by atoms with Crippen LogP contribution >= 0.6 is 0 Å². The minimum Gasteiger partial charge on any atom is -0.378 e. The summed E-state index contributed by atoms with van der Waals surface area (Å²) in [7, 11) is 3.16. The van der Waals surface area contributed by atoms with Crippen molar-refractivity contribution in [3.05, 3.63) is 90.8 Å². The molecule has 3 amide bonds. The van der Waals surface area contributed by atoms with E-state index in [2.05, 4.69) is 25.5 Å². The molecular weight excluding hydrogens is 563 g/mol. The van der Waals surface area contributed by atoms with Gasteiger partial charge in [-0.15, -0.1) is 0 Å². The number of ether oxygens (including phenoxy) is 1. The number of morpholine rings is 1. The first-order chi connectivity index (χ1) is 21.4. The zero-order chi connectivity index (χ0) is 30.6. The predicted octanol–water partition coefficient (Wildman–Crippen LogP) is 5.08. The lowest BCUT2D eigenvalue weighted by Gasteiger charge is -2.29. The summed E-state index contributed by atoms with van der Waals surface area (Å²) in [4.78, 5) is 46.4. The molecule has 3 aromatic carbocycles. The Balaban J connectivity index is 1.24. The second-order valence-corrected chi connectivity index (χ2v) is 10.4. The van der Waals surface area contributed by atoms with Crippen molar-refractivity contribution in [2.75, 3.05) is 55.9 Å². The van der Waals surface area contributed by atoms with E-state index in [9.17, 15) is 14.0 Å². The average molecular weight is 593 g/mol. The van der Waals surface area contributed by atoms with E-state index >= 15 is 0 Å². The van der Waals surface area contributed by atoms with Crippen molar-refractivity contribution in [1.29, 1.82) is 0 Å². The Morgan fingerprint density at radius 2 is 1.59 bits per heavy atom. The smallest absolute Gasteiger partial charge is 0.323 e. The monoisotopic (exact) mass is 592 g/mol. The number of nitrogens with one attached hydrogen (secondary N) is 2. The number of fused-ring (bicyclic) bond motifs is 1. The van der Waals surface area contributed by atoms with Crippen molar-refractivity contribution in [3.63, 3.8) is 0 Å². The molecule has 0 atom stereocenters. The summed E-state index contributed by atoms with van der Waals surface area (Å²) in [6, 6.07) is 16.4. The third kappa shape index (κ3) is 6.15. The molecular formula is C32H29FN8O3. The Morgan fingerprint density at radius 1 is 0.864 bits per heavy atom. The topological polar surface area (TPSA) is 125 Å². The van der Waals surface area contributed by atoms with Gasteiger partial charge >= 0.3 is 6.03 Å². The number of carbonyl (C=O) groups is 2. The number of rotatable bonds is 6. The summed E-state index contributed by atoms with van der Waals surface area (Å²) in [6.45, 7) is 2.66. The van der Waals surface area contributed by atoms with Gasteiger partial charge in [0.25, 0.3) is 5.91 Å². The van der Waals surface area contributed by atoms with Crippen molar-refractivity contribution < 1.29 is 18.7 Å². The first kappa shape index (κ1) is 28.6. The van der Waals surface area contributed by atoms with Crippen LogP contribution in [0.1, 0.15) is 10.4 Å².